The van der Waals surface area contributed by atoms with E-state index in [1.807, 2.05) is 0 Å². The number of nitrogen functional groups attached to an aromatic ring is 1. The van der Waals surface area contributed by atoms with Crippen molar-refractivity contribution in [2.24, 2.45) is 0 Å². The lowest BCUT2D eigenvalue weighted by Gasteiger charge is -2.33. The topological polar surface area (TPSA) is 113 Å². The van der Waals surface area contributed by atoms with Gasteiger partial charge in [0.05, 0.1) is 6.33 Å². The van der Waals surface area contributed by atoms with Gasteiger partial charge in [-0.3, -0.25) is 4.79 Å². The number of nitrogens with two attached hydrogens (primary N) is 1. The van der Waals surface area contributed by atoms with Crippen molar-refractivity contribution < 1.29 is 4.79 Å². The van der Waals surface area contributed by atoms with Crippen LogP contribution < -0.4 is 16.0 Å². The minimum absolute atomic E-state index is 0.0192. The zero-order valence-corrected chi connectivity index (χ0v) is 11.3. The third-order valence-electron chi connectivity index (χ3n) is 3.49. The molecule has 1 aliphatic rings. The highest BCUT2D eigenvalue weighted by Crippen LogP contribution is 2.24. The number of amides is 1. The molecule has 0 radical (unpaired) electrons. The molecule has 3 heterocycles. The smallest absolute Gasteiger partial charge is 0.224 e. The van der Waals surface area contributed by atoms with Crippen molar-refractivity contribution in [3.63, 3.8) is 0 Å². The molecule has 8 heteroatoms. The van der Waals surface area contributed by atoms with Crippen molar-refractivity contribution in [2.45, 2.75) is 25.8 Å². The molecule has 3 rings (SSSR count). The summed E-state index contributed by atoms with van der Waals surface area (Å²) in [6.45, 7) is 3.18. The first kappa shape index (κ1) is 12.6. The van der Waals surface area contributed by atoms with Gasteiger partial charge in [0, 0.05) is 26.1 Å². The molecule has 2 aromatic heterocycles. The minimum atomic E-state index is 0.0192. The lowest BCUT2D eigenvalue weighted by molar-refractivity contribution is -0.119. The molecule has 4 N–H and O–H groups in total. The van der Waals surface area contributed by atoms with Crippen LogP contribution in [0.2, 0.25) is 0 Å². The van der Waals surface area contributed by atoms with Crippen LogP contribution >= 0.6 is 0 Å². The molecule has 1 aliphatic heterocycles. The summed E-state index contributed by atoms with van der Waals surface area (Å²) < 4.78 is 0. The molecule has 1 fully saturated rings. The van der Waals surface area contributed by atoms with E-state index < -0.39 is 0 Å². The molecule has 8 nitrogen and oxygen atoms in total. The van der Waals surface area contributed by atoms with Crippen LogP contribution in [0.3, 0.4) is 0 Å². The molecule has 0 atom stereocenters. The van der Waals surface area contributed by atoms with E-state index in [1.165, 1.54) is 0 Å². The van der Waals surface area contributed by atoms with Gasteiger partial charge in [-0.25, -0.2) is 4.98 Å². The van der Waals surface area contributed by atoms with E-state index in [4.69, 9.17) is 5.73 Å². The van der Waals surface area contributed by atoms with Crippen LogP contribution in [0.1, 0.15) is 19.8 Å². The second-order valence-electron chi connectivity index (χ2n) is 4.97. The molecular weight excluding hydrogens is 258 g/mol. The van der Waals surface area contributed by atoms with Gasteiger partial charge < -0.3 is 20.9 Å². The molecule has 106 valence electrons. The molecule has 20 heavy (non-hydrogen) atoms. The van der Waals surface area contributed by atoms with Gasteiger partial charge in [0.25, 0.3) is 0 Å². The van der Waals surface area contributed by atoms with Crippen molar-refractivity contribution >= 4 is 28.8 Å². The maximum absolute atomic E-state index is 11.1. The van der Waals surface area contributed by atoms with E-state index in [0.29, 0.717) is 5.65 Å². The molecule has 1 amide bonds. The molecule has 0 saturated carbocycles. The van der Waals surface area contributed by atoms with Crippen molar-refractivity contribution in [1.82, 2.24) is 25.3 Å². The third-order valence-corrected chi connectivity index (χ3v) is 3.49. The predicted octanol–water partition coefficient (Wildman–Crippen LogP) is 0.0400. The number of nitrogens with zero attached hydrogens (tertiary/aromatic N) is 4. The summed E-state index contributed by atoms with van der Waals surface area (Å²) in [5.41, 5.74) is 7.11. The fourth-order valence-electron chi connectivity index (χ4n) is 2.59. The van der Waals surface area contributed by atoms with Gasteiger partial charge in [-0.15, -0.1) is 0 Å². The summed E-state index contributed by atoms with van der Waals surface area (Å²) in [5.74, 6) is 1.03. The fourth-order valence-corrected chi connectivity index (χ4v) is 2.59. The number of anilines is 2. The summed E-state index contributed by atoms with van der Waals surface area (Å²) in [6.07, 6.45) is 3.37. The van der Waals surface area contributed by atoms with Crippen LogP contribution in [0.15, 0.2) is 6.33 Å². The highest BCUT2D eigenvalue weighted by molar-refractivity contribution is 5.84. The van der Waals surface area contributed by atoms with E-state index in [-0.39, 0.29) is 17.9 Å². The van der Waals surface area contributed by atoms with Gasteiger partial charge >= 0.3 is 0 Å². The van der Waals surface area contributed by atoms with Gasteiger partial charge in [-0.1, -0.05) is 0 Å². The van der Waals surface area contributed by atoms with Gasteiger partial charge in [-0.05, 0) is 12.8 Å². The maximum Gasteiger partial charge on any atom is 0.224 e. The number of rotatable bonds is 2. The van der Waals surface area contributed by atoms with Crippen LogP contribution in [0.4, 0.5) is 11.8 Å². The second-order valence-corrected chi connectivity index (χ2v) is 4.97. The molecular formula is C12H17N7O. The Morgan fingerprint density at radius 1 is 1.45 bits per heavy atom. The van der Waals surface area contributed by atoms with Crippen LogP contribution in [0.25, 0.3) is 11.2 Å². The summed E-state index contributed by atoms with van der Waals surface area (Å²) in [5, 5.41) is 2.95. The van der Waals surface area contributed by atoms with Crippen LogP contribution in [0.5, 0.6) is 0 Å². The first-order valence-electron chi connectivity index (χ1n) is 6.62. The highest BCUT2D eigenvalue weighted by Gasteiger charge is 2.23. The first-order chi connectivity index (χ1) is 9.63. The van der Waals surface area contributed by atoms with Crippen molar-refractivity contribution in [2.75, 3.05) is 23.7 Å². The minimum Gasteiger partial charge on any atom is -0.368 e. The van der Waals surface area contributed by atoms with Gasteiger partial charge in [0.2, 0.25) is 11.9 Å². The Labute approximate surface area is 115 Å². The quantitative estimate of drug-likeness (QED) is 0.713. The van der Waals surface area contributed by atoms with Crippen molar-refractivity contribution in [3.8, 4) is 0 Å². The summed E-state index contributed by atoms with van der Waals surface area (Å²) in [7, 11) is 0. The number of aromatic amines is 1. The molecule has 0 aliphatic carbocycles. The monoisotopic (exact) mass is 275 g/mol. The Morgan fingerprint density at radius 2 is 2.20 bits per heavy atom. The van der Waals surface area contributed by atoms with E-state index in [1.54, 1.807) is 13.3 Å². The zero-order valence-electron chi connectivity index (χ0n) is 11.3. The Hall–Kier alpha value is -2.38. The number of fused-ring (bicyclic) bond motifs is 1. The first-order valence-corrected chi connectivity index (χ1v) is 6.62. The Balaban J connectivity index is 1.79. The maximum atomic E-state index is 11.1. The molecule has 1 saturated heterocycles. The Morgan fingerprint density at radius 3 is 2.90 bits per heavy atom. The van der Waals surface area contributed by atoms with Gasteiger partial charge in [-0.2, -0.15) is 9.97 Å². The average Bonchev–Trinajstić information content (AvgIpc) is 2.86. The molecule has 0 spiro atoms. The van der Waals surface area contributed by atoms with Crippen molar-refractivity contribution in [3.05, 3.63) is 6.33 Å². The van der Waals surface area contributed by atoms with E-state index in [2.05, 4.69) is 30.2 Å². The number of aromatic nitrogens is 4. The SMILES string of the molecule is CC(=O)NC1CCN(c2nc(N)nc3nc[nH]c23)CC1. The molecule has 2 aromatic rings. The van der Waals surface area contributed by atoms with Gasteiger partial charge in [0.15, 0.2) is 11.5 Å². The van der Waals surface area contributed by atoms with E-state index in [9.17, 15) is 4.79 Å². The molecule has 0 bridgehead atoms. The average molecular weight is 275 g/mol. The fraction of sp³-hybridized carbons (Fsp3) is 0.500. The summed E-state index contributed by atoms with van der Waals surface area (Å²) in [6, 6.07) is 0.236. The highest BCUT2D eigenvalue weighted by atomic mass is 16.1. The van der Waals surface area contributed by atoms with Crippen LogP contribution in [0, 0.1) is 0 Å². The summed E-state index contributed by atoms with van der Waals surface area (Å²) in [4.78, 5) is 28.8. The standard InChI is InChI=1S/C12H17N7O/c1-7(20)16-8-2-4-19(5-3-8)11-9-10(15-6-14-9)17-12(13)18-11/h6,8H,2-5H2,1H3,(H,16,20)(H3,13,14,15,17,18). The lowest BCUT2D eigenvalue weighted by Crippen LogP contribution is -2.44. The van der Waals surface area contributed by atoms with E-state index >= 15 is 0 Å². The number of H-pyrrole nitrogens is 1. The van der Waals surface area contributed by atoms with Gasteiger partial charge in [0.1, 0.15) is 5.52 Å². The van der Waals surface area contributed by atoms with E-state index in [0.717, 1.165) is 37.3 Å². The second kappa shape index (κ2) is 4.95. The normalized spacial score (nSPS) is 16.6. The Kier molecular flexibility index (Phi) is 3.13. The zero-order chi connectivity index (χ0) is 14.1. The van der Waals surface area contributed by atoms with Crippen LogP contribution in [-0.2, 0) is 4.79 Å². The number of nitrogens with one attached hydrogen (secondary N) is 2. The summed E-state index contributed by atoms with van der Waals surface area (Å²) >= 11 is 0. The third kappa shape index (κ3) is 2.36. The molecule has 0 unspecified atom stereocenters. The van der Waals surface area contributed by atoms with Crippen molar-refractivity contribution in [1.29, 1.82) is 0 Å². The number of carbonyl (C=O) groups is 1. The lowest BCUT2D eigenvalue weighted by atomic mass is 10.1. The number of imidazole rings is 1. The molecule has 0 aromatic carbocycles. The predicted molar refractivity (Wildman–Crippen MR) is 75.1 cm³/mol. The Bertz CT molecular complexity index is 630. The largest absolute Gasteiger partial charge is 0.368 e. The van der Waals surface area contributed by atoms with Crippen LogP contribution in [-0.4, -0.2) is 45.0 Å². The number of carbonyl (C=O) groups excluding carboxylic acids is 1. The number of hydrogen-bond donors (Lipinski definition) is 3. The number of piperidine rings is 1. The number of hydrogen-bond acceptors (Lipinski definition) is 6.